The predicted molar refractivity (Wildman–Crippen MR) is 79.5 cm³/mol. The second-order valence-electron chi connectivity index (χ2n) is 4.49. The number of thioether (sulfide) groups is 1. The van der Waals surface area contributed by atoms with Crippen LogP contribution in [0.1, 0.15) is 12.0 Å². The lowest BCUT2D eigenvalue weighted by atomic mass is 10.1. The smallest absolute Gasteiger partial charge is 0.172 e. The van der Waals surface area contributed by atoms with Crippen LogP contribution in [0.2, 0.25) is 0 Å². The monoisotopic (exact) mass is 331 g/mol. The second-order valence-corrected chi connectivity index (χ2v) is 6.49. The fourth-order valence-corrected chi connectivity index (χ4v) is 3.82. The number of hydrogen-bond acceptors (Lipinski definition) is 4. The van der Waals surface area contributed by atoms with E-state index in [9.17, 15) is 5.11 Å². The van der Waals surface area contributed by atoms with Crippen molar-refractivity contribution in [2.45, 2.75) is 13.0 Å². The minimum Gasteiger partial charge on any atom is -0.503 e. The lowest BCUT2D eigenvalue weighted by Crippen LogP contribution is -2.22. The average Bonchev–Trinajstić information content (AvgIpc) is 2.86. The van der Waals surface area contributed by atoms with E-state index in [0.717, 1.165) is 24.6 Å². The van der Waals surface area contributed by atoms with Gasteiger partial charge >= 0.3 is 0 Å². The molecule has 0 radical (unpaired) electrons. The first-order chi connectivity index (χ1) is 8.70. The summed E-state index contributed by atoms with van der Waals surface area (Å²) in [5.74, 6) is 4.05. The maximum atomic E-state index is 9.72. The van der Waals surface area contributed by atoms with E-state index in [0.29, 0.717) is 10.2 Å². The molecule has 0 aromatic heterocycles. The van der Waals surface area contributed by atoms with Gasteiger partial charge in [0.2, 0.25) is 0 Å². The van der Waals surface area contributed by atoms with Crippen LogP contribution in [-0.4, -0.2) is 30.3 Å². The van der Waals surface area contributed by atoms with E-state index >= 15 is 0 Å². The SMILES string of the molecule is COc1cc(CNCC2CCSC2)cc(Br)c1O. The van der Waals surface area contributed by atoms with Crippen LogP contribution < -0.4 is 10.1 Å². The zero-order chi connectivity index (χ0) is 13.0. The molecule has 2 N–H and O–H groups in total. The normalized spacial score (nSPS) is 19.1. The highest BCUT2D eigenvalue weighted by molar-refractivity contribution is 9.10. The molecule has 100 valence electrons. The lowest BCUT2D eigenvalue weighted by Gasteiger charge is -2.12. The standard InChI is InChI=1S/C13H18BrNO2S/c1-17-12-5-10(4-11(14)13(12)16)7-15-6-9-2-3-18-8-9/h4-5,9,15-16H,2-3,6-8H2,1H3. The van der Waals surface area contributed by atoms with Crippen molar-refractivity contribution in [2.24, 2.45) is 5.92 Å². The van der Waals surface area contributed by atoms with Gasteiger partial charge in [-0.2, -0.15) is 11.8 Å². The largest absolute Gasteiger partial charge is 0.503 e. The van der Waals surface area contributed by atoms with Crippen LogP contribution in [0.4, 0.5) is 0 Å². The molecule has 1 unspecified atom stereocenters. The fourth-order valence-electron chi connectivity index (χ4n) is 2.05. The number of nitrogens with one attached hydrogen (secondary N) is 1. The van der Waals surface area contributed by atoms with Crippen molar-refractivity contribution < 1.29 is 9.84 Å². The molecule has 0 bridgehead atoms. The summed E-state index contributed by atoms with van der Waals surface area (Å²) in [5.41, 5.74) is 1.11. The molecule has 0 spiro atoms. The fraction of sp³-hybridized carbons (Fsp3) is 0.538. The Morgan fingerprint density at radius 2 is 2.39 bits per heavy atom. The second kappa shape index (κ2) is 6.68. The Hall–Kier alpha value is -0.390. The van der Waals surface area contributed by atoms with Crippen LogP contribution in [0.15, 0.2) is 16.6 Å². The van der Waals surface area contributed by atoms with Crippen LogP contribution in [0, 0.1) is 5.92 Å². The van der Waals surface area contributed by atoms with E-state index in [4.69, 9.17) is 4.74 Å². The molecule has 0 saturated carbocycles. The highest BCUT2D eigenvalue weighted by Crippen LogP contribution is 2.35. The average molecular weight is 332 g/mol. The van der Waals surface area contributed by atoms with Gasteiger partial charge in [0.25, 0.3) is 0 Å². The number of methoxy groups -OCH3 is 1. The van der Waals surface area contributed by atoms with Gasteiger partial charge in [0, 0.05) is 6.54 Å². The summed E-state index contributed by atoms with van der Waals surface area (Å²) in [7, 11) is 1.56. The third-order valence-electron chi connectivity index (χ3n) is 3.09. The van der Waals surface area contributed by atoms with E-state index in [-0.39, 0.29) is 5.75 Å². The molecule has 1 aliphatic heterocycles. The number of phenols is 1. The molecule has 0 amide bonds. The number of ether oxygens (including phenoxy) is 1. The van der Waals surface area contributed by atoms with Crippen LogP contribution >= 0.6 is 27.7 Å². The first-order valence-electron chi connectivity index (χ1n) is 6.04. The quantitative estimate of drug-likeness (QED) is 0.870. The Morgan fingerprint density at radius 3 is 3.06 bits per heavy atom. The minimum atomic E-state index is 0.161. The molecule has 5 heteroatoms. The van der Waals surface area contributed by atoms with E-state index in [2.05, 4.69) is 21.2 Å². The molecule has 1 aliphatic rings. The van der Waals surface area contributed by atoms with Crippen LogP contribution in [0.25, 0.3) is 0 Å². The Morgan fingerprint density at radius 1 is 1.56 bits per heavy atom. The maximum absolute atomic E-state index is 9.72. The number of phenolic OH excluding ortho intramolecular Hbond substituents is 1. The van der Waals surface area contributed by atoms with Gasteiger partial charge in [-0.1, -0.05) is 0 Å². The molecule has 0 aliphatic carbocycles. The molecule has 2 rings (SSSR count). The summed E-state index contributed by atoms with van der Waals surface area (Å²) < 4.78 is 5.81. The zero-order valence-electron chi connectivity index (χ0n) is 10.4. The topological polar surface area (TPSA) is 41.5 Å². The molecule has 1 fully saturated rings. The van der Waals surface area contributed by atoms with Gasteiger partial charge in [0.1, 0.15) is 0 Å². The van der Waals surface area contributed by atoms with Gasteiger partial charge in [-0.3, -0.25) is 0 Å². The minimum absolute atomic E-state index is 0.161. The summed E-state index contributed by atoms with van der Waals surface area (Å²) >= 11 is 5.37. The Bertz CT molecular complexity index is 408. The van der Waals surface area contributed by atoms with E-state index in [1.807, 2.05) is 23.9 Å². The molecule has 3 nitrogen and oxygen atoms in total. The third-order valence-corrected chi connectivity index (χ3v) is 4.93. The first-order valence-corrected chi connectivity index (χ1v) is 7.99. The number of hydrogen-bond donors (Lipinski definition) is 2. The first kappa shape index (κ1) is 14.0. The van der Waals surface area contributed by atoms with Crippen molar-refractivity contribution in [1.29, 1.82) is 0 Å². The van der Waals surface area contributed by atoms with Crippen LogP contribution in [0.5, 0.6) is 11.5 Å². The van der Waals surface area contributed by atoms with E-state index < -0.39 is 0 Å². The molecular formula is C13H18BrNO2S. The van der Waals surface area contributed by atoms with Crippen molar-refractivity contribution in [3.8, 4) is 11.5 Å². The summed E-state index contributed by atoms with van der Waals surface area (Å²) in [4.78, 5) is 0. The van der Waals surface area contributed by atoms with Crippen molar-refractivity contribution in [3.05, 3.63) is 22.2 Å². The van der Waals surface area contributed by atoms with E-state index in [1.165, 1.54) is 17.9 Å². The van der Waals surface area contributed by atoms with Crippen molar-refractivity contribution in [2.75, 3.05) is 25.2 Å². The summed E-state index contributed by atoms with van der Waals surface area (Å²) in [5, 5.41) is 13.2. The van der Waals surface area contributed by atoms with Crippen LogP contribution in [0.3, 0.4) is 0 Å². The molecule has 1 aromatic rings. The lowest BCUT2D eigenvalue weighted by molar-refractivity contribution is 0.371. The predicted octanol–water partition coefficient (Wildman–Crippen LogP) is 3.01. The summed E-state index contributed by atoms with van der Waals surface area (Å²) in [6, 6.07) is 3.80. The Kier molecular flexibility index (Phi) is 5.21. The maximum Gasteiger partial charge on any atom is 0.172 e. The zero-order valence-corrected chi connectivity index (χ0v) is 12.8. The van der Waals surface area contributed by atoms with Crippen molar-refractivity contribution in [1.82, 2.24) is 5.32 Å². The number of rotatable bonds is 5. The summed E-state index contributed by atoms with van der Waals surface area (Å²) in [6.45, 7) is 1.87. The number of benzene rings is 1. The third kappa shape index (κ3) is 3.56. The molecule has 1 saturated heterocycles. The molecule has 1 aromatic carbocycles. The van der Waals surface area contributed by atoms with Crippen molar-refractivity contribution in [3.63, 3.8) is 0 Å². The van der Waals surface area contributed by atoms with Gasteiger partial charge in [-0.25, -0.2) is 0 Å². The van der Waals surface area contributed by atoms with Crippen molar-refractivity contribution >= 4 is 27.7 Å². The van der Waals surface area contributed by atoms with Gasteiger partial charge in [-0.05, 0) is 64.0 Å². The van der Waals surface area contributed by atoms with Gasteiger partial charge < -0.3 is 15.2 Å². The van der Waals surface area contributed by atoms with Gasteiger partial charge in [0.05, 0.1) is 11.6 Å². The summed E-state index contributed by atoms with van der Waals surface area (Å²) in [6.07, 6.45) is 1.32. The number of halogens is 1. The molecular weight excluding hydrogens is 314 g/mol. The Labute approximate surface area is 120 Å². The van der Waals surface area contributed by atoms with Gasteiger partial charge in [0.15, 0.2) is 11.5 Å². The van der Waals surface area contributed by atoms with Crippen LogP contribution in [-0.2, 0) is 6.54 Å². The highest BCUT2D eigenvalue weighted by atomic mass is 79.9. The Balaban J connectivity index is 1.90. The van der Waals surface area contributed by atoms with Gasteiger partial charge in [-0.15, -0.1) is 0 Å². The molecule has 1 atom stereocenters. The van der Waals surface area contributed by atoms with E-state index in [1.54, 1.807) is 7.11 Å². The highest BCUT2D eigenvalue weighted by Gasteiger charge is 2.15. The molecule has 1 heterocycles. The number of aromatic hydroxyl groups is 1. The molecule has 18 heavy (non-hydrogen) atoms.